The van der Waals surface area contributed by atoms with Gasteiger partial charge in [0.2, 0.25) is 0 Å². The van der Waals surface area contributed by atoms with E-state index in [1.807, 2.05) is 18.5 Å². The van der Waals surface area contributed by atoms with Gasteiger partial charge in [-0.05, 0) is 24.8 Å². The fourth-order valence-electron chi connectivity index (χ4n) is 2.30. The second-order valence-corrected chi connectivity index (χ2v) is 5.10. The molecular weight excluding hydrogens is 240 g/mol. The van der Waals surface area contributed by atoms with E-state index >= 15 is 0 Å². The van der Waals surface area contributed by atoms with Gasteiger partial charge in [-0.15, -0.1) is 0 Å². The van der Waals surface area contributed by atoms with Crippen LogP contribution in [-0.2, 0) is 6.54 Å². The molecule has 3 heterocycles. The van der Waals surface area contributed by atoms with Gasteiger partial charge in [0.1, 0.15) is 5.69 Å². The molecule has 96 valence electrons. The zero-order valence-corrected chi connectivity index (χ0v) is 10.4. The maximum atomic E-state index is 5.86. The number of nitrogen functional groups attached to an aromatic ring is 1. The number of nitrogens with one attached hydrogen (secondary N) is 1. The zero-order valence-electron chi connectivity index (χ0n) is 10.4. The zero-order chi connectivity index (χ0) is 12.8. The number of nitrogens with zero attached hydrogens (tertiary/aromatic N) is 4. The van der Waals surface area contributed by atoms with Crippen LogP contribution >= 0.6 is 0 Å². The molecule has 0 radical (unpaired) electrons. The predicted molar refractivity (Wildman–Crippen MR) is 72.2 cm³/mol. The molecule has 0 saturated heterocycles. The molecule has 6 nitrogen and oxygen atoms in total. The van der Waals surface area contributed by atoms with E-state index in [4.69, 9.17) is 5.73 Å². The lowest BCUT2D eigenvalue weighted by atomic mass is 10.2. The van der Waals surface area contributed by atoms with Gasteiger partial charge in [-0.1, -0.05) is 0 Å². The maximum Gasteiger partial charge on any atom is 0.106 e. The molecule has 3 N–H and O–H groups in total. The number of nitrogens with two attached hydrogens (primary N) is 1. The highest BCUT2D eigenvalue weighted by Crippen LogP contribution is 2.32. The Labute approximate surface area is 109 Å². The lowest BCUT2D eigenvalue weighted by Crippen LogP contribution is -2.01. The van der Waals surface area contributed by atoms with Crippen molar-refractivity contribution in [1.29, 1.82) is 0 Å². The van der Waals surface area contributed by atoms with Gasteiger partial charge in [0, 0.05) is 18.1 Å². The van der Waals surface area contributed by atoms with Crippen molar-refractivity contribution in [3.8, 4) is 11.4 Å². The normalized spacial score (nSPS) is 15.2. The van der Waals surface area contributed by atoms with Crippen molar-refractivity contribution < 1.29 is 0 Å². The second kappa shape index (κ2) is 3.81. The van der Waals surface area contributed by atoms with E-state index in [0.29, 0.717) is 5.69 Å². The lowest BCUT2D eigenvalue weighted by Gasteiger charge is -2.03. The Morgan fingerprint density at radius 2 is 2.21 bits per heavy atom. The van der Waals surface area contributed by atoms with Crippen LogP contribution in [0.3, 0.4) is 0 Å². The minimum Gasteiger partial charge on any atom is -0.396 e. The number of anilines is 1. The number of fused-ring (bicyclic) bond motifs is 1. The van der Waals surface area contributed by atoms with Gasteiger partial charge in [0.05, 0.1) is 29.3 Å². The van der Waals surface area contributed by atoms with E-state index in [9.17, 15) is 0 Å². The minimum atomic E-state index is 0.611. The van der Waals surface area contributed by atoms with Crippen LogP contribution in [0.2, 0.25) is 0 Å². The summed E-state index contributed by atoms with van der Waals surface area (Å²) in [5, 5.41) is 12.3. The van der Waals surface area contributed by atoms with Crippen molar-refractivity contribution in [3.63, 3.8) is 0 Å². The summed E-state index contributed by atoms with van der Waals surface area (Å²) in [6.07, 6.45) is 7.93. The average molecular weight is 254 g/mol. The molecule has 0 aliphatic heterocycles. The number of hydrogen-bond acceptors (Lipinski definition) is 4. The van der Waals surface area contributed by atoms with E-state index in [0.717, 1.165) is 34.8 Å². The highest BCUT2D eigenvalue weighted by molar-refractivity contribution is 5.83. The summed E-state index contributed by atoms with van der Waals surface area (Å²) in [5.74, 6) is 0.789. The van der Waals surface area contributed by atoms with E-state index < -0.39 is 0 Å². The van der Waals surface area contributed by atoms with Gasteiger partial charge in [-0.3, -0.25) is 14.8 Å². The molecule has 4 rings (SSSR count). The molecule has 0 atom stereocenters. The van der Waals surface area contributed by atoms with Gasteiger partial charge in [-0.25, -0.2) is 0 Å². The van der Waals surface area contributed by atoms with Gasteiger partial charge in [-0.2, -0.15) is 10.2 Å². The third kappa shape index (κ3) is 1.76. The Bertz CT molecular complexity index is 737. The molecule has 1 aliphatic carbocycles. The minimum absolute atomic E-state index is 0.611. The van der Waals surface area contributed by atoms with Crippen molar-refractivity contribution in [3.05, 3.63) is 24.7 Å². The molecule has 0 unspecified atom stereocenters. The van der Waals surface area contributed by atoms with Crippen LogP contribution in [0.25, 0.3) is 22.3 Å². The lowest BCUT2D eigenvalue weighted by molar-refractivity contribution is 0.580. The monoisotopic (exact) mass is 254 g/mol. The van der Waals surface area contributed by atoms with Crippen LogP contribution < -0.4 is 5.73 Å². The number of aromatic nitrogens is 5. The SMILES string of the molecule is Nc1cn[nH]c1-c1cc2c(cn1)cnn2CC1CC1. The fourth-order valence-corrected chi connectivity index (χ4v) is 2.30. The van der Waals surface area contributed by atoms with Gasteiger partial charge >= 0.3 is 0 Å². The molecular formula is C13H14N6. The highest BCUT2D eigenvalue weighted by atomic mass is 15.3. The first-order valence-electron chi connectivity index (χ1n) is 6.42. The molecule has 1 fully saturated rings. The highest BCUT2D eigenvalue weighted by Gasteiger charge is 2.23. The molecule has 0 aromatic carbocycles. The summed E-state index contributed by atoms with van der Waals surface area (Å²) in [7, 11) is 0. The van der Waals surface area contributed by atoms with Crippen molar-refractivity contribution in [1.82, 2.24) is 25.0 Å². The standard InChI is InChI=1S/C13H14N6/c14-10-6-16-18-13(10)11-3-12-9(4-15-11)5-17-19(12)7-8-1-2-8/h3-6,8H,1-2,7,14H2,(H,16,18). The Morgan fingerprint density at radius 1 is 1.32 bits per heavy atom. The molecule has 1 saturated carbocycles. The summed E-state index contributed by atoms with van der Waals surface area (Å²) in [4.78, 5) is 4.41. The van der Waals surface area contributed by atoms with Crippen molar-refractivity contribution in [2.75, 3.05) is 5.73 Å². The van der Waals surface area contributed by atoms with Gasteiger partial charge in [0.25, 0.3) is 0 Å². The first kappa shape index (κ1) is 10.5. The summed E-state index contributed by atoms with van der Waals surface area (Å²) in [5.41, 5.74) is 9.15. The number of pyridine rings is 1. The van der Waals surface area contributed by atoms with Crippen LogP contribution in [0, 0.1) is 5.92 Å². The Hall–Kier alpha value is -2.37. The number of H-pyrrole nitrogens is 1. The summed E-state index contributed by atoms with van der Waals surface area (Å²) >= 11 is 0. The molecule has 19 heavy (non-hydrogen) atoms. The van der Waals surface area contributed by atoms with Crippen molar-refractivity contribution in [2.24, 2.45) is 5.92 Å². The van der Waals surface area contributed by atoms with E-state index in [-0.39, 0.29) is 0 Å². The van der Waals surface area contributed by atoms with E-state index in [1.165, 1.54) is 12.8 Å². The quantitative estimate of drug-likeness (QED) is 0.746. The summed E-state index contributed by atoms with van der Waals surface area (Å²) in [6.45, 7) is 0.991. The second-order valence-electron chi connectivity index (χ2n) is 5.10. The molecule has 0 bridgehead atoms. The maximum absolute atomic E-state index is 5.86. The van der Waals surface area contributed by atoms with E-state index in [1.54, 1.807) is 6.20 Å². The average Bonchev–Trinajstić information content (AvgIpc) is 2.99. The predicted octanol–water partition coefficient (Wildman–Crippen LogP) is 1.81. The number of rotatable bonds is 3. The Balaban J connectivity index is 1.82. The first-order valence-corrected chi connectivity index (χ1v) is 6.42. The molecule has 0 amide bonds. The van der Waals surface area contributed by atoms with Crippen molar-refractivity contribution >= 4 is 16.6 Å². The van der Waals surface area contributed by atoms with Gasteiger partial charge < -0.3 is 5.73 Å². The van der Waals surface area contributed by atoms with Crippen LogP contribution in [0.4, 0.5) is 5.69 Å². The summed E-state index contributed by atoms with van der Waals surface area (Å²) < 4.78 is 2.06. The van der Waals surface area contributed by atoms with Crippen LogP contribution in [0.15, 0.2) is 24.7 Å². The fraction of sp³-hybridized carbons (Fsp3) is 0.308. The first-order chi connectivity index (χ1) is 9.31. The number of aromatic amines is 1. The third-order valence-electron chi connectivity index (χ3n) is 3.58. The van der Waals surface area contributed by atoms with Crippen LogP contribution in [-0.4, -0.2) is 25.0 Å². The topological polar surface area (TPSA) is 85.4 Å². The largest absolute Gasteiger partial charge is 0.396 e. The third-order valence-corrected chi connectivity index (χ3v) is 3.58. The van der Waals surface area contributed by atoms with Crippen LogP contribution in [0.1, 0.15) is 12.8 Å². The Morgan fingerprint density at radius 3 is 2.95 bits per heavy atom. The molecule has 0 spiro atoms. The summed E-state index contributed by atoms with van der Waals surface area (Å²) in [6, 6.07) is 2.02. The Kier molecular flexibility index (Phi) is 2.11. The van der Waals surface area contributed by atoms with E-state index in [2.05, 4.69) is 25.0 Å². The molecule has 3 aromatic heterocycles. The van der Waals surface area contributed by atoms with Crippen molar-refractivity contribution in [2.45, 2.75) is 19.4 Å². The number of hydrogen-bond donors (Lipinski definition) is 2. The molecule has 1 aliphatic rings. The molecule has 6 heteroatoms. The smallest absolute Gasteiger partial charge is 0.106 e. The van der Waals surface area contributed by atoms with Gasteiger partial charge in [0.15, 0.2) is 0 Å². The van der Waals surface area contributed by atoms with Crippen LogP contribution in [0.5, 0.6) is 0 Å². The molecule has 3 aromatic rings.